The summed E-state index contributed by atoms with van der Waals surface area (Å²) in [5, 5.41) is 3.26. The molecule has 3 rings (SSSR count). The molecule has 1 N–H and O–H groups in total. The van der Waals surface area contributed by atoms with Crippen molar-refractivity contribution in [3.8, 4) is 5.75 Å². The second-order valence-corrected chi connectivity index (χ2v) is 11.4. The van der Waals surface area contributed by atoms with E-state index >= 15 is 0 Å². The highest BCUT2D eigenvalue weighted by atomic mass is 35.5. The van der Waals surface area contributed by atoms with E-state index in [4.69, 9.17) is 27.9 Å². The molecule has 0 saturated heterocycles. The molecule has 0 spiro atoms. The van der Waals surface area contributed by atoms with Gasteiger partial charge >= 0.3 is 0 Å². The van der Waals surface area contributed by atoms with Gasteiger partial charge in [-0.25, -0.2) is 12.8 Å². The van der Waals surface area contributed by atoms with Crippen molar-refractivity contribution in [1.82, 2.24) is 10.2 Å². The summed E-state index contributed by atoms with van der Waals surface area (Å²) in [4.78, 5) is 27.7. The highest BCUT2D eigenvalue weighted by molar-refractivity contribution is 7.92. The molecule has 0 saturated carbocycles. The first-order valence-electron chi connectivity index (χ1n) is 12.5. The van der Waals surface area contributed by atoms with Crippen LogP contribution in [0.25, 0.3) is 0 Å². The minimum atomic E-state index is -4.34. The van der Waals surface area contributed by atoms with Gasteiger partial charge < -0.3 is 15.0 Å². The largest absolute Gasteiger partial charge is 0.494 e. The van der Waals surface area contributed by atoms with E-state index in [9.17, 15) is 22.4 Å². The van der Waals surface area contributed by atoms with Crippen LogP contribution in [0.15, 0.2) is 71.6 Å². The molecule has 12 heteroatoms. The second kappa shape index (κ2) is 13.8. The quantitative estimate of drug-likeness (QED) is 0.301. The van der Waals surface area contributed by atoms with E-state index in [0.717, 1.165) is 28.6 Å². The van der Waals surface area contributed by atoms with E-state index in [0.29, 0.717) is 24.5 Å². The average molecular weight is 611 g/mol. The van der Waals surface area contributed by atoms with Crippen LogP contribution in [0.1, 0.15) is 26.3 Å². The number of nitrogens with zero attached hydrogens (tertiary/aromatic N) is 2. The van der Waals surface area contributed by atoms with Gasteiger partial charge in [-0.05, 0) is 81.4 Å². The van der Waals surface area contributed by atoms with Crippen molar-refractivity contribution in [2.24, 2.45) is 0 Å². The van der Waals surface area contributed by atoms with E-state index < -0.39 is 40.2 Å². The average Bonchev–Trinajstić information content (AvgIpc) is 2.92. The number of rotatable bonds is 12. The minimum Gasteiger partial charge on any atom is -0.494 e. The van der Waals surface area contributed by atoms with E-state index in [1.54, 1.807) is 37.3 Å². The van der Waals surface area contributed by atoms with Gasteiger partial charge in [0.15, 0.2) is 0 Å². The molecule has 0 aliphatic rings. The third kappa shape index (κ3) is 7.44. The Morgan fingerprint density at radius 1 is 0.975 bits per heavy atom. The third-order valence-electron chi connectivity index (χ3n) is 6.02. The van der Waals surface area contributed by atoms with E-state index in [1.807, 2.05) is 6.92 Å². The summed E-state index contributed by atoms with van der Waals surface area (Å²) < 4.78 is 47.5. The molecule has 0 aromatic heterocycles. The standard InChI is InChI=1S/C28H30Cl2FN3O5S/c1-4-32-28(36)19(3)33(17-24-25(29)7-6-8-26(24)30)27(35)18-34(21-11-13-22(14-12-21)39-5-2)40(37,38)23-15-9-20(31)10-16-23/h6-16,19H,4-5,17-18H2,1-3H3,(H,32,36)/t19-/m0/s1. The molecule has 0 radical (unpaired) electrons. The lowest BCUT2D eigenvalue weighted by Crippen LogP contribution is -2.51. The zero-order valence-electron chi connectivity index (χ0n) is 22.2. The van der Waals surface area contributed by atoms with Gasteiger partial charge in [-0.3, -0.25) is 13.9 Å². The Balaban J connectivity index is 2.06. The topological polar surface area (TPSA) is 96.0 Å². The van der Waals surface area contributed by atoms with Gasteiger partial charge in [0.05, 0.1) is 17.2 Å². The molecule has 0 heterocycles. The van der Waals surface area contributed by atoms with Crippen molar-refractivity contribution in [2.75, 3.05) is 24.0 Å². The summed E-state index contributed by atoms with van der Waals surface area (Å²) in [7, 11) is -4.34. The van der Waals surface area contributed by atoms with E-state index in [2.05, 4.69) is 5.32 Å². The predicted octanol–water partition coefficient (Wildman–Crippen LogP) is 5.28. The highest BCUT2D eigenvalue weighted by Crippen LogP contribution is 2.29. The fourth-order valence-electron chi connectivity index (χ4n) is 3.90. The Bertz CT molecular complexity index is 1420. The van der Waals surface area contributed by atoms with Crippen molar-refractivity contribution in [3.05, 3.63) is 88.2 Å². The van der Waals surface area contributed by atoms with Gasteiger partial charge in [-0.15, -0.1) is 0 Å². The van der Waals surface area contributed by atoms with Crippen LogP contribution in [0, 0.1) is 5.82 Å². The lowest BCUT2D eigenvalue weighted by atomic mass is 10.1. The number of ether oxygens (including phenoxy) is 1. The van der Waals surface area contributed by atoms with Crippen molar-refractivity contribution in [1.29, 1.82) is 0 Å². The van der Waals surface area contributed by atoms with Crippen LogP contribution in [0.5, 0.6) is 5.75 Å². The predicted molar refractivity (Wildman–Crippen MR) is 154 cm³/mol. The van der Waals surface area contributed by atoms with Crippen LogP contribution >= 0.6 is 23.2 Å². The van der Waals surface area contributed by atoms with Gasteiger partial charge in [0, 0.05) is 28.7 Å². The Kier molecular flexibility index (Phi) is 10.8. The maximum Gasteiger partial charge on any atom is 0.264 e. The van der Waals surface area contributed by atoms with Crippen LogP contribution in [0.4, 0.5) is 10.1 Å². The fraction of sp³-hybridized carbons (Fsp3) is 0.286. The fourth-order valence-corrected chi connectivity index (χ4v) is 5.83. The maximum absolute atomic E-state index is 13.9. The van der Waals surface area contributed by atoms with Gasteiger partial charge in [0.25, 0.3) is 10.0 Å². The minimum absolute atomic E-state index is 0.149. The molecule has 3 aromatic rings. The first-order chi connectivity index (χ1) is 19.0. The summed E-state index contributed by atoms with van der Waals surface area (Å²) in [5.41, 5.74) is 0.576. The zero-order valence-corrected chi connectivity index (χ0v) is 24.6. The number of hydrogen-bond acceptors (Lipinski definition) is 5. The summed E-state index contributed by atoms with van der Waals surface area (Å²) in [6, 6.07) is 14.3. The molecule has 0 bridgehead atoms. The highest BCUT2D eigenvalue weighted by Gasteiger charge is 2.33. The molecule has 0 aliphatic carbocycles. The zero-order chi connectivity index (χ0) is 29.4. The number of carbonyl (C=O) groups excluding carboxylic acids is 2. The number of likely N-dealkylation sites (N-methyl/N-ethyl adjacent to an activating group) is 1. The lowest BCUT2D eigenvalue weighted by Gasteiger charge is -2.32. The normalized spacial score (nSPS) is 11.9. The first kappa shape index (κ1) is 31.2. The van der Waals surface area contributed by atoms with Crippen LogP contribution in [0.3, 0.4) is 0 Å². The van der Waals surface area contributed by atoms with Gasteiger partial charge in [-0.1, -0.05) is 29.3 Å². The Labute approximate surface area is 243 Å². The first-order valence-corrected chi connectivity index (χ1v) is 14.7. The Morgan fingerprint density at radius 3 is 2.12 bits per heavy atom. The molecule has 8 nitrogen and oxygen atoms in total. The number of amides is 2. The van der Waals surface area contributed by atoms with Crippen molar-refractivity contribution < 1.29 is 27.1 Å². The molecule has 0 aliphatic heterocycles. The number of benzene rings is 3. The maximum atomic E-state index is 13.9. The van der Waals surface area contributed by atoms with Crippen LogP contribution in [-0.2, 0) is 26.2 Å². The van der Waals surface area contributed by atoms with E-state index in [1.165, 1.54) is 24.0 Å². The van der Waals surface area contributed by atoms with Crippen LogP contribution in [0.2, 0.25) is 10.0 Å². The van der Waals surface area contributed by atoms with Gasteiger partial charge in [-0.2, -0.15) is 0 Å². The molecule has 0 unspecified atom stereocenters. The number of sulfonamides is 1. The number of hydrogen-bond donors (Lipinski definition) is 1. The van der Waals surface area contributed by atoms with Crippen LogP contribution in [-0.4, -0.2) is 50.9 Å². The SMILES string of the molecule is CCNC(=O)[C@H](C)N(Cc1c(Cl)cccc1Cl)C(=O)CN(c1ccc(OCC)cc1)S(=O)(=O)c1ccc(F)cc1. The summed E-state index contributed by atoms with van der Waals surface area (Å²) in [5.74, 6) is -1.22. The lowest BCUT2D eigenvalue weighted by molar-refractivity contribution is -0.139. The molecular formula is C28H30Cl2FN3O5S. The Morgan fingerprint density at radius 2 is 1.57 bits per heavy atom. The summed E-state index contributed by atoms with van der Waals surface area (Å²) in [6.45, 7) is 5.01. The molecule has 1 atom stereocenters. The number of nitrogens with one attached hydrogen (secondary N) is 1. The van der Waals surface area contributed by atoms with Crippen LogP contribution < -0.4 is 14.4 Å². The van der Waals surface area contributed by atoms with Crippen molar-refractivity contribution in [2.45, 2.75) is 38.3 Å². The molecule has 3 aromatic carbocycles. The molecule has 40 heavy (non-hydrogen) atoms. The molecular weight excluding hydrogens is 580 g/mol. The Hall–Kier alpha value is -3.34. The van der Waals surface area contributed by atoms with Gasteiger partial charge in [0.1, 0.15) is 24.2 Å². The smallest absolute Gasteiger partial charge is 0.264 e. The third-order valence-corrected chi connectivity index (χ3v) is 8.52. The summed E-state index contributed by atoms with van der Waals surface area (Å²) in [6.07, 6.45) is 0. The van der Waals surface area contributed by atoms with E-state index in [-0.39, 0.29) is 27.2 Å². The van der Waals surface area contributed by atoms with Crippen molar-refractivity contribution >= 4 is 50.7 Å². The number of anilines is 1. The second-order valence-electron chi connectivity index (χ2n) is 8.68. The molecule has 0 fully saturated rings. The molecule has 214 valence electrons. The summed E-state index contributed by atoms with van der Waals surface area (Å²) >= 11 is 12.7. The monoisotopic (exact) mass is 609 g/mol. The number of carbonyl (C=O) groups is 2. The van der Waals surface area contributed by atoms with Crippen molar-refractivity contribution in [3.63, 3.8) is 0 Å². The van der Waals surface area contributed by atoms with Gasteiger partial charge in [0.2, 0.25) is 11.8 Å². The number of halogens is 3. The molecule has 2 amide bonds.